The van der Waals surface area contributed by atoms with Crippen molar-refractivity contribution in [3.05, 3.63) is 14.9 Å². The van der Waals surface area contributed by atoms with E-state index in [1.165, 1.54) is 17.4 Å². The van der Waals surface area contributed by atoms with Gasteiger partial charge in [-0.25, -0.2) is 8.42 Å². The van der Waals surface area contributed by atoms with Crippen LogP contribution in [0.3, 0.4) is 0 Å². The zero-order chi connectivity index (χ0) is 14.9. The zero-order valence-corrected chi connectivity index (χ0v) is 14.7. The van der Waals surface area contributed by atoms with E-state index >= 15 is 0 Å². The largest absolute Gasteiger partial charge is 0.358 e. The summed E-state index contributed by atoms with van der Waals surface area (Å²) in [5.41, 5.74) is 0. The Balaban J connectivity index is 2.37. The first-order valence-electron chi connectivity index (χ1n) is 6.06. The van der Waals surface area contributed by atoms with Crippen LogP contribution < -0.4 is 5.32 Å². The number of piperidine rings is 1. The molecular weight excluding hydrogens is 388 g/mol. The Hall–Kier alpha value is -0.150. The van der Waals surface area contributed by atoms with E-state index in [0.29, 0.717) is 21.8 Å². The van der Waals surface area contributed by atoms with Crippen molar-refractivity contribution in [1.82, 2.24) is 9.62 Å². The molecule has 1 aromatic heterocycles. The zero-order valence-electron chi connectivity index (χ0n) is 10.7. The van der Waals surface area contributed by atoms with Crippen LogP contribution in [0.25, 0.3) is 0 Å². The third-order valence-electron chi connectivity index (χ3n) is 3.19. The molecule has 1 saturated heterocycles. The minimum absolute atomic E-state index is 0.158. The Labute approximate surface area is 135 Å². The topological polar surface area (TPSA) is 66.5 Å². The molecule has 0 aliphatic carbocycles. The minimum Gasteiger partial charge on any atom is -0.358 e. The highest BCUT2D eigenvalue weighted by atomic mass is 79.9. The van der Waals surface area contributed by atoms with Gasteiger partial charge >= 0.3 is 0 Å². The monoisotopic (exact) mass is 400 g/mol. The number of likely N-dealkylation sites (N-methyl/N-ethyl adjacent to an activating group) is 1. The second-order valence-electron chi connectivity index (χ2n) is 4.43. The molecule has 2 rings (SSSR count). The number of carbonyl (C=O) groups is 1. The predicted octanol–water partition coefficient (Wildman–Crippen LogP) is 2.45. The molecule has 0 saturated carbocycles. The minimum atomic E-state index is -3.69. The van der Waals surface area contributed by atoms with E-state index in [-0.39, 0.29) is 10.1 Å². The molecule has 1 atom stereocenters. The normalized spacial score (nSPS) is 20.9. The first kappa shape index (κ1) is 16.2. The Kier molecular flexibility index (Phi) is 5.12. The Morgan fingerprint density at radius 1 is 1.55 bits per heavy atom. The van der Waals surface area contributed by atoms with E-state index < -0.39 is 16.1 Å². The van der Waals surface area contributed by atoms with E-state index in [9.17, 15) is 13.2 Å². The molecule has 1 fully saturated rings. The molecule has 9 heteroatoms. The standard InChI is InChI=1S/C11H14BrClN2O3S2/c1-14-11(16)8-4-2-3-5-15(8)20(17,18)9-6-7(13)10(12)19-9/h6,8H,2-5H2,1H3,(H,14,16). The molecule has 2 heterocycles. The van der Waals surface area contributed by atoms with E-state index in [1.807, 2.05) is 0 Å². The Morgan fingerprint density at radius 2 is 2.25 bits per heavy atom. The fraction of sp³-hybridized carbons (Fsp3) is 0.545. The van der Waals surface area contributed by atoms with Gasteiger partial charge in [-0.15, -0.1) is 11.3 Å². The lowest BCUT2D eigenvalue weighted by Crippen LogP contribution is -2.50. The number of carbonyl (C=O) groups excluding carboxylic acids is 1. The van der Waals surface area contributed by atoms with Crippen LogP contribution in [0.1, 0.15) is 19.3 Å². The van der Waals surface area contributed by atoms with Crippen molar-refractivity contribution < 1.29 is 13.2 Å². The fourth-order valence-corrected chi connectivity index (χ4v) is 6.38. The number of nitrogens with one attached hydrogen (secondary N) is 1. The lowest BCUT2D eigenvalue weighted by Gasteiger charge is -2.32. The summed E-state index contributed by atoms with van der Waals surface area (Å²) < 4.78 is 27.3. The van der Waals surface area contributed by atoms with Crippen LogP contribution in [0, 0.1) is 0 Å². The number of thiophene rings is 1. The Bertz CT molecular complexity index is 598. The van der Waals surface area contributed by atoms with Crippen LogP contribution in [-0.4, -0.2) is 38.3 Å². The van der Waals surface area contributed by atoms with Gasteiger partial charge in [-0.05, 0) is 34.8 Å². The Morgan fingerprint density at radius 3 is 2.80 bits per heavy atom. The maximum atomic E-state index is 12.7. The highest BCUT2D eigenvalue weighted by Crippen LogP contribution is 2.37. The van der Waals surface area contributed by atoms with Gasteiger partial charge < -0.3 is 5.32 Å². The molecule has 1 aliphatic rings. The molecule has 0 bridgehead atoms. The van der Waals surface area contributed by atoms with Crippen molar-refractivity contribution in [3.8, 4) is 0 Å². The third-order valence-corrected chi connectivity index (χ3v) is 8.02. The lowest BCUT2D eigenvalue weighted by atomic mass is 10.0. The average Bonchev–Trinajstić information content (AvgIpc) is 2.78. The molecule has 0 radical (unpaired) electrons. The smallest absolute Gasteiger partial charge is 0.253 e. The van der Waals surface area contributed by atoms with Crippen molar-refractivity contribution in [3.63, 3.8) is 0 Å². The van der Waals surface area contributed by atoms with Gasteiger partial charge in [-0.2, -0.15) is 4.31 Å². The van der Waals surface area contributed by atoms with Gasteiger partial charge in [0.05, 0.1) is 8.81 Å². The predicted molar refractivity (Wildman–Crippen MR) is 82.6 cm³/mol. The van der Waals surface area contributed by atoms with E-state index in [0.717, 1.165) is 24.2 Å². The lowest BCUT2D eigenvalue weighted by molar-refractivity contribution is -0.125. The molecule has 1 aliphatic heterocycles. The summed E-state index contributed by atoms with van der Waals surface area (Å²) in [6, 6.07) is 0.777. The highest BCUT2D eigenvalue weighted by Gasteiger charge is 2.38. The van der Waals surface area contributed by atoms with Crippen molar-refractivity contribution in [2.45, 2.75) is 29.5 Å². The number of hydrogen-bond acceptors (Lipinski definition) is 4. The number of amides is 1. The summed E-state index contributed by atoms with van der Waals surface area (Å²) in [7, 11) is -2.18. The quantitative estimate of drug-likeness (QED) is 0.846. The van der Waals surface area contributed by atoms with Crippen LogP contribution in [-0.2, 0) is 14.8 Å². The summed E-state index contributed by atoms with van der Waals surface area (Å²) in [4.78, 5) is 11.9. The first-order valence-corrected chi connectivity index (χ1v) is 9.49. The van der Waals surface area contributed by atoms with E-state index in [2.05, 4.69) is 21.2 Å². The molecule has 0 aromatic carbocycles. The number of sulfonamides is 1. The maximum Gasteiger partial charge on any atom is 0.253 e. The van der Waals surface area contributed by atoms with E-state index in [1.54, 1.807) is 0 Å². The summed E-state index contributed by atoms with van der Waals surface area (Å²) in [5, 5.41) is 2.89. The SMILES string of the molecule is CNC(=O)C1CCCCN1S(=O)(=O)c1cc(Cl)c(Br)s1. The molecule has 1 unspecified atom stereocenters. The second-order valence-corrected chi connectivity index (χ2v) is 9.32. The van der Waals surface area contributed by atoms with Gasteiger partial charge in [-0.3, -0.25) is 4.79 Å². The average molecular weight is 402 g/mol. The second kappa shape index (κ2) is 6.31. The molecule has 112 valence electrons. The molecule has 1 N–H and O–H groups in total. The maximum absolute atomic E-state index is 12.7. The summed E-state index contributed by atoms with van der Waals surface area (Å²) >= 11 is 10.2. The molecule has 0 spiro atoms. The third kappa shape index (κ3) is 3.04. The summed E-state index contributed by atoms with van der Waals surface area (Å²) in [6.07, 6.45) is 2.14. The van der Waals surface area contributed by atoms with Gasteiger partial charge in [0.1, 0.15) is 10.3 Å². The van der Waals surface area contributed by atoms with Crippen LogP contribution in [0.2, 0.25) is 5.02 Å². The first-order chi connectivity index (χ1) is 9.37. The molecule has 5 nitrogen and oxygen atoms in total. The van der Waals surface area contributed by atoms with Gasteiger partial charge in [0.25, 0.3) is 10.0 Å². The molecule has 1 amide bonds. The van der Waals surface area contributed by atoms with Crippen molar-refractivity contribution in [2.75, 3.05) is 13.6 Å². The molecule has 1 aromatic rings. The van der Waals surface area contributed by atoms with Crippen LogP contribution in [0.15, 0.2) is 14.1 Å². The molecule has 20 heavy (non-hydrogen) atoms. The van der Waals surface area contributed by atoms with Crippen LogP contribution in [0.5, 0.6) is 0 Å². The van der Waals surface area contributed by atoms with Gasteiger partial charge in [-0.1, -0.05) is 18.0 Å². The van der Waals surface area contributed by atoms with Gasteiger partial charge in [0.15, 0.2) is 0 Å². The van der Waals surface area contributed by atoms with Gasteiger partial charge in [0, 0.05) is 13.6 Å². The van der Waals surface area contributed by atoms with Crippen molar-refractivity contribution in [1.29, 1.82) is 0 Å². The van der Waals surface area contributed by atoms with Crippen molar-refractivity contribution >= 4 is 54.8 Å². The number of halogens is 2. The fourth-order valence-electron chi connectivity index (χ4n) is 2.19. The number of hydrogen-bond donors (Lipinski definition) is 1. The van der Waals surface area contributed by atoms with E-state index in [4.69, 9.17) is 11.6 Å². The highest BCUT2D eigenvalue weighted by molar-refractivity contribution is 9.11. The van der Waals surface area contributed by atoms with Gasteiger partial charge in [0.2, 0.25) is 5.91 Å². The summed E-state index contributed by atoms with van der Waals surface area (Å²) in [6.45, 7) is 0.355. The molecular formula is C11H14BrClN2O3S2. The number of rotatable bonds is 3. The van der Waals surface area contributed by atoms with Crippen molar-refractivity contribution in [2.24, 2.45) is 0 Å². The van der Waals surface area contributed by atoms with Crippen LogP contribution in [0.4, 0.5) is 0 Å². The van der Waals surface area contributed by atoms with Crippen LogP contribution >= 0.6 is 38.9 Å². The number of nitrogens with zero attached hydrogens (tertiary/aromatic N) is 1. The summed E-state index contributed by atoms with van der Waals surface area (Å²) in [5.74, 6) is -0.269.